The van der Waals surface area contributed by atoms with E-state index in [2.05, 4.69) is 15.3 Å². The standard InChI is InChI=1S/C39H41N5O7/c1-47-33-23-28(24-34(48-2)35(33)49-3)25-41-38(46)39(20-9-13-27-11-5-4-6-12-27)36(32-15-8-7-14-30(32)26-42-44-40)51-37(43-39)29-16-18-31(19-17-29)50-22-10-21-45/h4-9,11-19,23-24,36,45H,10,20-22,25-26H2,1-3H3,(H,41,46)/b13-9+/t36-,39-/m1/s1. The van der Waals surface area contributed by atoms with Crippen molar-refractivity contribution in [3.63, 3.8) is 0 Å². The van der Waals surface area contributed by atoms with Crippen LogP contribution in [0.2, 0.25) is 0 Å². The van der Waals surface area contributed by atoms with Gasteiger partial charge in [0.1, 0.15) is 5.75 Å². The second-order valence-corrected chi connectivity index (χ2v) is 11.6. The van der Waals surface area contributed by atoms with Crippen LogP contribution in [0.3, 0.4) is 0 Å². The summed E-state index contributed by atoms with van der Waals surface area (Å²) in [5, 5.41) is 16.0. The number of nitrogens with one attached hydrogen (secondary N) is 1. The molecule has 4 aromatic carbocycles. The highest BCUT2D eigenvalue weighted by molar-refractivity contribution is 6.01. The Morgan fingerprint density at radius 1 is 1.00 bits per heavy atom. The number of ether oxygens (including phenoxy) is 5. The van der Waals surface area contributed by atoms with Crippen molar-refractivity contribution in [2.75, 3.05) is 34.5 Å². The van der Waals surface area contributed by atoms with Crippen molar-refractivity contribution in [2.24, 2.45) is 10.1 Å². The summed E-state index contributed by atoms with van der Waals surface area (Å²) in [6.45, 7) is 0.593. The van der Waals surface area contributed by atoms with Crippen molar-refractivity contribution in [1.82, 2.24) is 5.32 Å². The Labute approximate surface area is 296 Å². The first-order chi connectivity index (χ1) is 25.0. The largest absolute Gasteiger partial charge is 0.494 e. The maximum Gasteiger partial charge on any atom is 0.252 e. The Bertz CT molecular complexity index is 1870. The van der Waals surface area contributed by atoms with E-state index in [1.54, 1.807) is 24.3 Å². The van der Waals surface area contributed by atoms with Gasteiger partial charge in [0.2, 0.25) is 11.6 Å². The van der Waals surface area contributed by atoms with Crippen LogP contribution in [0.15, 0.2) is 107 Å². The molecule has 5 rings (SSSR count). The highest BCUT2D eigenvalue weighted by Gasteiger charge is 2.53. The van der Waals surface area contributed by atoms with E-state index in [9.17, 15) is 4.79 Å². The minimum absolute atomic E-state index is 0.0354. The third kappa shape index (κ3) is 8.61. The zero-order valence-corrected chi connectivity index (χ0v) is 28.8. The second-order valence-electron chi connectivity index (χ2n) is 11.6. The molecule has 0 aromatic heterocycles. The molecule has 2 atom stereocenters. The number of aliphatic hydroxyl groups excluding tert-OH is 1. The van der Waals surface area contributed by atoms with Gasteiger partial charge >= 0.3 is 0 Å². The molecular formula is C39H41N5O7. The van der Waals surface area contributed by atoms with Crippen LogP contribution in [0.4, 0.5) is 0 Å². The van der Waals surface area contributed by atoms with Gasteiger partial charge in [0.05, 0.1) is 34.5 Å². The fraction of sp³-hybridized carbons (Fsp3) is 0.282. The van der Waals surface area contributed by atoms with E-state index in [0.717, 1.165) is 5.56 Å². The van der Waals surface area contributed by atoms with Crippen LogP contribution in [0.1, 0.15) is 46.8 Å². The van der Waals surface area contributed by atoms with Crippen LogP contribution < -0.4 is 24.3 Å². The van der Waals surface area contributed by atoms with E-state index in [-0.39, 0.29) is 37.9 Å². The highest BCUT2D eigenvalue weighted by Crippen LogP contribution is 2.44. The molecule has 12 nitrogen and oxygen atoms in total. The zero-order chi connectivity index (χ0) is 36.1. The molecule has 1 aliphatic rings. The summed E-state index contributed by atoms with van der Waals surface area (Å²) >= 11 is 0. The number of carbonyl (C=O) groups excluding carboxylic acids is 1. The van der Waals surface area contributed by atoms with Gasteiger partial charge in [-0.3, -0.25) is 4.79 Å². The highest BCUT2D eigenvalue weighted by atomic mass is 16.5. The lowest BCUT2D eigenvalue weighted by atomic mass is 9.82. The van der Waals surface area contributed by atoms with Crippen LogP contribution >= 0.6 is 0 Å². The number of methoxy groups -OCH3 is 3. The van der Waals surface area contributed by atoms with Gasteiger partial charge < -0.3 is 34.1 Å². The number of benzene rings is 4. The summed E-state index contributed by atoms with van der Waals surface area (Å²) < 4.78 is 29.0. The Balaban J connectivity index is 1.59. The first-order valence-electron chi connectivity index (χ1n) is 16.4. The number of azide groups is 1. The lowest BCUT2D eigenvalue weighted by molar-refractivity contribution is -0.129. The molecule has 0 fully saturated rings. The molecule has 1 heterocycles. The van der Waals surface area contributed by atoms with Crippen molar-refractivity contribution in [3.05, 3.63) is 135 Å². The molecule has 0 bridgehead atoms. The summed E-state index contributed by atoms with van der Waals surface area (Å²) in [6.07, 6.45) is 3.67. The summed E-state index contributed by atoms with van der Waals surface area (Å²) in [4.78, 5) is 22.8. The van der Waals surface area contributed by atoms with E-state index in [0.29, 0.717) is 58.3 Å². The van der Waals surface area contributed by atoms with Crippen molar-refractivity contribution < 1.29 is 33.6 Å². The van der Waals surface area contributed by atoms with Crippen LogP contribution in [0.25, 0.3) is 16.5 Å². The molecular weight excluding hydrogens is 650 g/mol. The lowest BCUT2D eigenvalue weighted by Crippen LogP contribution is -2.48. The van der Waals surface area contributed by atoms with Crippen LogP contribution in [0.5, 0.6) is 23.0 Å². The topological polar surface area (TPSA) is 157 Å². The van der Waals surface area contributed by atoms with Gasteiger partial charge in [-0.1, -0.05) is 71.9 Å². The minimum atomic E-state index is -1.48. The zero-order valence-electron chi connectivity index (χ0n) is 28.8. The Morgan fingerprint density at radius 2 is 1.71 bits per heavy atom. The fourth-order valence-corrected chi connectivity index (χ4v) is 5.85. The van der Waals surface area contributed by atoms with Gasteiger partial charge in [-0.25, -0.2) is 4.99 Å². The number of aliphatic hydroxyl groups is 1. The summed E-state index contributed by atoms with van der Waals surface area (Å²) in [7, 11) is 4.60. The average molecular weight is 692 g/mol. The molecule has 264 valence electrons. The van der Waals surface area contributed by atoms with E-state index >= 15 is 0 Å². The molecule has 12 heteroatoms. The van der Waals surface area contributed by atoms with Crippen LogP contribution in [-0.2, 0) is 22.6 Å². The third-order valence-electron chi connectivity index (χ3n) is 8.39. The number of rotatable bonds is 17. The Morgan fingerprint density at radius 3 is 2.37 bits per heavy atom. The second kappa shape index (κ2) is 17.6. The maximum absolute atomic E-state index is 14.8. The molecule has 1 amide bonds. The van der Waals surface area contributed by atoms with Crippen molar-refractivity contribution in [1.29, 1.82) is 0 Å². The predicted molar refractivity (Wildman–Crippen MR) is 194 cm³/mol. The monoisotopic (exact) mass is 691 g/mol. The first kappa shape index (κ1) is 36.3. The lowest BCUT2D eigenvalue weighted by Gasteiger charge is -2.31. The predicted octanol–water partition coefficient (Wildman–Crippen LogP) is 6.96. The first-order valence-corrected chi connectivity index (χ1v) is 16.4. The molecule has 51 heavy (non-hydrogen) atoms. The molecule has 0 spiro atoms. The van der Waals surface area contributed by atoms with Gasteiger partial charge in [0, 0.05) is 36.5 Å². The maximum atomic E-state index is 14.8. The fourth-order valence-electron chi connectivity index (χ4n) is 5.85. The molecule has 0 aliphatic carbocycles. The van der Waals surface area contributed by atoms with Crippen LogP contribution in [0, 0.1) is 0 Å². The van der Waals surface area contributed by atoms with E-state index in [1.165, 1.54) is 21.3 Å². The molecule has 4 aromatic rings. The minimum Gasteiger partial charge on any atom is -0.494 e. The molecule has 2 N–H and O–H groups in total. The normalized spacial score (nSPS) is 16.5. The Kier molecular flexibility index (Phi) is 12.5. The number of carbonyl (C=O) groups is 1. The van der Waals surface area contributed by atoms with Crippen molar-refractivity contribution in [2.45, 2.75) is 37.6 Å². The number of aliphatic imine (C=N–C) groups is 1. The number of amides is 1. The summed E-state index contributed by atoms with van der Waals surface area (Å²) in [5.41, 5.74) is 11.4. The quantitative estimate of drug-likeness (QED) is 0.0525. The van der Waals surface area contributed by atoms with E-state index in [4.69, 9.17) is 39.3 Å². The third-order valence-corrected chi connectivity index (χ3v) is 8.39. The van der Waals surface area contributed by atoms with Crippen molar-refractivity contribution >= 4 is 17.9 Å². The Hall–Kier alpha value is -5.97. The van der Waals surface area contributed by atoms with Crippen molar-refractivity contribution in [3.8, 4) is 23.0 Å². The van der Waals surface area contributed by atoms with Gasteiger partial charge in [-0.05, 0) is 64.2 Å². The van der Waals surface area contributed by atoms with E-state index in [1.807, 2.05) is 78.9 Å². The molecule has 0 radical (unpaired) electrons. The molecule has 1 aliphatic heterocycles. The van der Waals surface area contributed by atoms with E-state index < -0.39 is 11.6 Å². The molecule has 0 unspecified atom stereocenters. The van der Waals surface area contributed by atoms with Gasteiger partial charge in [0.25, 0.3) is 5.91 Å². The van der Waals surface area contributed by atoms with Crippen LogP contribution in [-0.4, -0.2) is 57.0 Å². The molecule has 0 saturated heterocycles. The summed E-state index contributed by atoms with van der Waals surface area (Å²) in [6, 6.07) is 28.0. The number of hydrogen-bond acceptors (Lipinski definition) is 9. The van der Waals surface area contributed by atoms with Gasteiger partial charge in [-0.2, -0.15) is 0 Å². The summed E-state index contributed by atoms with van der Waals surface area (Å²) in [5.74, 6) is 1.88. The average Bonchev–Trinajstić information content (AvgIpc) is 3.56. The smallest absolute Gasteiger partial charge is 0.252 e. The van der Waals surface area contributed by atoms with Gasteiger partial charge in [0.15, 0.2) is 23.1 Å². The SMILES string of the molecule is COc1cc(CNC(=O)[C@]2(C/C=C/c3ccccc3)N=C(c3ccc(OCCCO)cc3)O[C@@H]2c2ccccc2CN=[N+]=[N-])cc(OC)c1OC. The number of hydrogen-bond donors (Lipinski definition) is 2. The van der Waals surface area contributed by atoms with Gasteiger partial charge in [-0.15, -0.1) is 0 Å². The molecule has 0 saturated carbocycles. The number of nitrogens with zero attached hydrogens (tertiary/aromatic N) is 4.